The zero-order valence-electron chi connectivity index (χ0n) is 19.0. The number of aliphatic imine (C=N–C) groups is 1. The van der Waals surface area contributed by atoms with Gasteiger partial charge in [-0.3, -0.25) is 10.1 Å². The second kappa shape index (κ2) is 11.2. The van der Waals surface area contributed by atoms with E-state index in [9.17, 15) is 18.4 Å². The van der Waals surface area contributed by atoms with Crippen molar-refractivity contribution in [2.75, 3.05) is 25.0 Å². The van der Waals surface area contributed by atoms with Gasteiger partial charge in [0, 0.05) is 37.0 Å². The van der Waals surface area contributed by atoms with Crippen LogP contribution in [0.4, 0.5) is 25.0 Å². The van der Waals surface area contributed by atoms with Crippen molar-refractivity contribution in [2.24, 2.45) is 4.99 Å². The minimum Gasteiger partial charge on any atom is -0.338 e. The van der Waals surface area contributed by atoms with Crippen LogP contribution in [0.5, 0.6) is 0 Å². The molecule has 1 unspecified atom stereocenters. The Morgan fingerprint density at radius 2 is 1.91 bits per heavy atom. The van der Waals surface area contributed by atoms with E-state index >= 15 is 0 Å². The summed E-state index contributed by atoms with van der Waals surface area (Å²) < 4.78 is 27.7. The predicted molar refractivity (Wildman–Crippen MR) is 125 cm³/mol. The molecule has 0 aromatic heterocycles. The van der Waals surface area contributed by atoms with Gasteiger partial charge in [0.05, 0.1) is 6.04 Å². The van der Waals surface area contributed by atoms with Crippen LogP contribution in [0.25, 0.3) is 0 Å². The van der Waals surface area contributed by atoms with Crippen LogP contribution in [0.15, 0.2) is 47.5 Å². The molecule has 0 aliphatic carbocycles. The van der Waals surface area contributed by atoms with E-state index in [4.69, 9.17) is 5.26 Å². The maximum Gasteiger partial charge on any atom is 0.322 e. The number of piperazine rings is 1. The Morgan fingerprint density at radius 3 is 2.56 bits per heavy atom. The van der Waals surface area contributed by atoms with Crippen LogP contribution < -0.4 is 10.6 Å². The first-order valence-electron chi connectivity index (χ1n) is 10.9. The summed E-state index contributed by atoms with van der Waals surface area (Å²) in [5, 5.41) is 14.5. The molecule has 2 amide bonds. The van der Waals surface area contributed by atoms with Crippen LogP contribution in [0.1, 0.15) is 37.0 Å². The largest absolute Gasteiger partial charge is 0.338 e. The van der Waals surface area contributed by atoms with E-state index in [1.807, 2.05) is 6.92 Å². The van der Waals surface area contributed by atoms with Crippen molar-refractivity contribution in [3.05, 3.63) is 59.7 Å². The van der Waals surface area contributed by atoms with E-state index in [1.165, 1.54) is 6.92 Å². The van der Waals surface area contributed by atoms with Crippen molar-refractivity contribution in [3.63, 3.8) is 0 Å². The standard InChI is InChI=1S/C24H26F2N6O2/c1-3-4-20-14-31(23(28-15-27)30-22-13-18(25)7-10-21(22)26)11-12-32(20)24(34)29-19-8-5-17(6-9-19)16(2)33/h5-10,13,20H,3-4,11-12,14H2,1-2H3,(H,28,30)(H,29,34). The lowest BCUT2D eigenvalue weighted by atomic mass is 10.1. The van der Waals surface area contributed by atoms with Gasteiger partial charge in [-0.05, 0) is 49.7 Å². The molecule has 34 heavy (non-hydrogen) atoms. The molecule has 1 atom stereocenters. The molecule has 0 spiro atoms. The maximum absolute atomic E-state index is 14.1. The zero-order chi connectivity index (χ0) is 24.7. The Balaban J connectivity index is 1.76. The average Bonchev–Trinajstić information content (AvgIpc) is 2.81. The average molecular weight is 469 g/mol. The molecule has 2 N–H and O–H groups in total. The van der Waals surface area contributed by atoms with Crippen LogP contribution in [-0.4, -0.2) is 53.2 Å². The van der Waals surface area contributed by atoms with Gasteiger partial charge >= 0.3 is 6.03 Å². The monoisotopic (exact) mass is 468 g/mol. The van der Waals surface area contributed by atoms with Gasteiger partial charge in [-0.25, -0.2) is 18.6 Å². The highest BCUT2D eigenvalue weighted by atomic mass is 19.1. The number of hydrogen-bond acceptors (Lipinski definition) is 4. The van der Waals surface area contributed by atoms with Crippen LogP contribution in [0, 0.1) is 23.1 Å². The van der Waals surface area contributed by atoms with Crippen molar-refractivity contribution in [2.45, 2.75) is 32.7 Å². The number of amides is 2. The molecular formula is C24H26F2N6O2. The zero-order valence-corrected chi connectivity index (χ0v) is 19.0. The van der Waals surface area contributed by atoms with Gasteiger partial charge < -0.3 is 15.1 Å². The minimum atomic E-state index is -0.711. The lowest BCUT2D eigenvalue weighted by Gasteiger charge is -2.42. The molecule has 3 rings (SSSR count). The summed E-state index contributed by atoms with van der Waals surface area (Å²) in [7, 11) is 0. The van der Waals surface area contributed by atoms with Gasteiger partial charge in [0.15, 0.2) is 12.0 Å². The van der Waals surface area contributed by atoms with Crippen molar-refractivity contribution >= 4 is 29.1 Å². The number of benzene rings is 2. The fourth-order valence-corrected chi connectivity index (χ4v) is 3.79. The van der Waals surface area contributed by atoms with Gasteiger partial charge in [-0.2, -0.15) is 5.26 Å². The highest BCUT2D eigenvalue weighted by molar-refractivity contribution is 5.95. The van der Waals surface area contributed by atoms with Crippen LogP contribution in [-0.2, 0) is 0 Å². The molecule has 1 aliphatic rings. The van der Waals surface area contributed by atoms with Gasteiger partial charge in [0.2, 0.25) is 5.96 Å². The fraction of sp³-hybridized carbons (Fsp3) is 0.333. The first-order chi connectivity index (χ1) is 16.3. The Kier molecular flexibility index (Phi) is 8.14. The number of anilines is 1. The molecule has 8 nitrogen and oxygen atoms in total. The third-order valence-corrected chi connectivity index (χ3v) is 5.51. The molecule has 1 heterocycles. The predicted octanol–water partition coefficient (Wildman–Crippen LogP) is 4.24. The number of halogens is 2. The van der Waals surface area contributed by atoms with E-state index in [0.29, 0.717) is 37.3 Å². The second-order valence-corrected chi connectivity index (χ2v) is 7.91. The summed E-state index contributed by atoms with van der Waals surface area (Å²) in [6, 6.07) is 9.11. The normalized spacial score (nSPS) is 16.1. The molecule has 0 saturated carbocycles. The van der Waals surface area contributed by atoms with Crippen molar-refractivity contribution in [3.8, 4) is 6.19 Å². The van der Waals surface area contributed by atoms with E-state index in [0.717, 1.165) is 24.6 Å². The van der Waals surface area contributed by atoms with E-state index in [-0.39, 0.29) is 29.5 Å². The third-order valence-electron chi connectivity index (χ3n) is 5.51. The van der Waals surface area contributed by atoms with Gasteiger partial charge in [-0.15, -0.1) is 0 Å². The lowest BCUT2D eigenvalue weighted by molar-refractivity contribution is 0.101. The number of nitrogens with one attached hydrogen (secondary N) is 2. The molecular weight excluding hydrogens is 442 g/mol. The second-order valence-electron chi connectivity index (χ2n) is 7.91. The highest BCUT2D eigenvalue weighted by Gasteiger charge is 2.31. The Hall–Kier alpha value is -4.00. The molecule has 2 aromatic carbocycles. The van der Waals surface area contributed by atoms with Crippen molar-refractivity contribution in [1.29, 1.82) is 5.26 Å². The minimum absolute atomic E-state index is 0.0569. The molecule has 1 fully saturated rings. The fourth-order valence-electron chi connectivity index (χ4n) is 3.79. The quantitative estimate of drug-likeness (QED) is 0.225. The Bertz CT molecular complexity index is 1110. The molecule has 0 radical (unpaired) electrons. The Labute approximate surface area is 196 Å². The molecule has 0 bridgehead atoms. The topological polar surface area (TPSA) is 101 Å². The summed E-state index contributed by atoms with van der Waals surface area (Å²) in [5.41, 5.74) is 0.906. The number of rotatable bonds is 5. The molecule has 178 valence electrons. The van der Waals surface area contributed by atoms with Gasteiger partial charge in [-0.1, -0.05) is 13.3 Å². The summed E-state index contributed by atoms with van der Waals surface area (Å²) in [6.07, 6.45) is 3.30. The summed E-state index contributed by atoms with van der Waals surface area (Å²) in [4.78, 5) is 32.0. The molecule has 1 aliphatic heterocycles. The lowest BCUT2D eigenvalue weighted by Crippen LogP contribution is -2.59. The summed E-state index contributed by atoms with van der Waals surface area (Å²) in [6.45, 7) is 4.50. The third kappa shape index (κ3) is 6.07. The molecule has 2 aromatic rings. The number of guanidine groups is 1. The number of hydrogen-bond donors (Lipinski definition) is 2. The number of Topliss-reactive ketones (excluding diaryl/α,β-unsaturated/α-hetero) is 1. The van der Waals surface area contributed by atoms with E-state index < -0.39 is 11.6 Å². The van der Waals surface area contributed by atoms with Crippen LogP contribution in [0.2, 0.25) is 0 Å². The van der Waals surface area contributed by atoms with E-state index in [1.54, 1.807) is 40.3 Å². The van der Waals surface area contributed by atoms with Gasteiger partial charge in [0.25, 0.3) is 0 Å². The smallest absolute Gasteiger partial charge is 0.322 e. The van der Waals surface area contributed by atoms with Crippen molar-refractivity contribution < 1.29 is 18.4 Å². The number of urea groups is 1. The first kappa shape index (κ1) is 24.6. The maximum atomic E-state index is 14.1. The number of nitriles is 1. The van der Waals surface area contributed by atoms with E-state index in [2.05, 4.69) is 15.6 Å². The number of carbonyl (C=O) groups is 2. The van der Waals surface area contributed by atoms with Gasteiger partial charge in [0.1, 0.15) is 17.3 Å². The molecule has 10 heteroatoms. The van der Waals surface area contributed by atoms with Crippen molar-refractivity contribution in [1.82, 2.24) is 15.1 Å². The number of ketones is 1. The molecule has 1 saturated heterocycles. The van der Waals surface area contributed by atoms with Crippen LogP contribution in [0.3, 0.4) is 0 Å². The van der Waals surface area contributed by atoms with Crippen LogP contribution >= 0.6 is 0 Å². The summed E-state index contributed by atoms with van der Waals surface area (Å²) in [5.74, 6) is -1.32. The first-order valence-corrected chi connectivity index (χ1v) is 10.9. The highest BCUT2D eigenvalue weighted by Crippen LogP contribution is 2.22. The summed E-state index contributed by atoms with van der Waals surface area (Å²) >= 11 is 0. The number of nitrogens with zero attached hydrogens (tertiary/aromatic N) is 4. The number of carbonyl (C=O) groups excluding carboxylic acids is 2. The Morgan fingerprint density at radius 1 is 1.18 bits per heavy atom. The SMILES string of the molecule is CCCC1CN(C(=Nc2cc(F)ccc2F)NC#N)CCN1C(=O)Nc1ccc(C(C)=O)cc1.